The predicted molar refractivity (Wildman–Crippen MR) is 132 cm³/mol. The van der Waals surface area contributed by atoms with Crippen LogP contribution in [-0.2, 0) is 0 Å². The number of nitrogens with one attached hydrogen (secondary N) is 1. The highest BCUT2D eigenvalue weighted by molar-refractivity contribution is 7.98. The zero-order chi connectivity index (χ0) is 24.9. The Bertz CT molecular complexity index is 1250. The molecule has 1 aliphatic rings. The van der Waals surface area contributed by atoms with Crippen molar-refractivity contribution in [3.05, 3.63) is 77.2 Å². The maximum absolute atomic E-state index is 13.9. The Hall–Kier alpha value is -3.59. The first-order chi connectivity index (χ1) is 16.8. The van der Waals surface area contributed by atoms with Crippen LogP contribution in [0, 0.1) is 12.7 Å². The van der Waals surface area contributed by atoms with E-state index >= 15 is 0 Å². The van der Waals surface area contributed by atoms with E-state index in [1.54, 1.807) is 40.9 Å². The van der Waals surface area contributed by atoms with Gasteiger partial charge in [-0.15, -0.1) is 11.8 Å². The SMILES string of the molecule is CSc1cccc(Oc2ncc(F)cc2C(=O)NC2CCN(C(=O)c3ccc(C)cc3O)CC2)c1. The second kappa shape index (κ2) is 10.8. The molecule has 1 aliphatic heterocycles. The molecule has 2 heterocycles. The molecule has 0 bridgehead atoms. The van der Waals surface area contributed by atoms with Gasteiger partial charge in [-0.05, 0) is 68.0 Å². The third-order valence-electron chi connectivity index (χ3n) is 5.82. The summed E-state index contributed by atoms with van der Waals surface area (Å²) in [5.74, 6) is -0.905. The normalized spacial score (nSPS) is 14.0. The minimum atomic E-state index is -0.640. The van der Waals surface area contributed by atoms with E-state index in [9.17, 15) is 19.1 Å². The number of phenolic OH excluding ortho intramolecular Hbond substituents is 1. The number of piperidine rings is 1. The van der Waals surface area contributed by atoms with Gasteiger partial charge in [-0.3, -0.25) is 9.59 Å². The van der Waals surface area contributed by atoms with Crippen LogP contribution in [-0.4, -0.2) is 52.2 Å². The van der Waals surface area contributed by atoms with Gasteiger partial charge in [0.2, 0.25) is 5.88 Å². The molecule has 4 rings (SSSR count). The second-order valence-electron chi connectivity index (χ2n) is 8.35. The van der Waals surface area contributed by atoms with Crippen molar-refractivity contribution in [2.45, 2.75) is 30.7 Å². The first-order valence-electron chi connectivity index (χ1n) is 11.2. The van der Waals surface area contributed by atoms with Gasteiger partial charge in [0.15, 0.2) is 0 Å². The fourth-order valence-electron chi connectivity index (χ4n) is 3.93. The average molecular weight is 496 g/mol. The fraction of sp³-hybridized carbons (Fsp3) is 0.269. The summed E-state index contributed by atoms with van der Waals surface area (Å²) in [6.07, 6.45) is 4.00. The number of carbonyl (C=O) groups excluding carboxylic acids is 2. The molecule has 9 heteroatoms. The third kappa shape index (κ3) is 5.92. The van der Waals surface area contributed by atoms with Crippen LogP contribution in [0.4, 0.5) is 4.39 Å². The number of benzene rings is 2. The average Bonchev–Trinajstić information content (AvgIpc) is 2.85. The molecule has 0 atom stereocenters. The summed E-state index contributed by atoms with van der Waals surface area (Å²) < 4.78 is 19.7. The van der Waals surface area contributed by atoms with E-state index in [0.29, 0.717) is 31.7 Å². The number of rotatable bonds is 6. The summed E-state index contributed by atoms with van der Waals surface area (Å²) in [4.78, 5) is 32.4. The molecule has 0 unspecified atom stereocenters. The van der Waals surface area contributed by atoms with Crippen molar-refractivity contribution in [2.24, 2.45) is 0 Å². The number of hydrogen-bond acceptors (Lipinski definition) is 6. The number of carbonyl (C=O) groups is 2. The molecule has 0 spiro atoms. The molecule has 0 radical (unpaired) electrons. The van der Waals surface area contributed by atoms with Crippen LogP contribution in [0.2, 0.25) is 0 Å². The predicted octanol–water partition coefficient (Wildman–Crippen LogP) is 4.78. The lowest BCUT2D eigenvalue weighted by Crippen LogP contribution is -2.46. The molecule has 7 nitrogen and oxygen atoms in total. The second-order valence-corrected chi connectivity index (χ2v) is 9.23. The summed E-state index contributed by atoms with van der Waals surface area (Å²) >= 11 is 1.55. The standard InChI is InChI=1S/C26H26FN3O4S/c1-16-6-7-21(23(31)12-16)26(33)30-10-8-18(9-11-30)29-24(32)22-13-17(27)15-28-25(22)34-19-4-3-5-20(14-19)35-2/h3-7,12-15,18,31H,8-11H2,1-2H3,(H,29,32). The summed E-state index contributed by atoms with van der Waals surface area (Å²) in [6.45, 7) is 2.68. The molecular weight excluding hydrogens is 469 g/mol. The molecule has 2 aromatic carbocycles. The lowest BCUT2D eigenvalue weighted by atomic mass is 10.0. The van der Waals surface area contributed by atoms with Crippen molar-refractivity contribution < 1.29 is 23.8 Å². The van der Waals surface area contributed by atoms with Gasteiger partial charge < -0.3 is 20.1 Å². The van der Waals surface area contributed by atoms with Crippen molar-refractivity contribution in [3.63, 3.8) is 0 Å². The van der Waals surface area contributed by atoms with Crippen LogP contribution in [0.25, 0.3) is 0 Å². The van der Waals surface area contributed by atoms with Crippen LogP contribution in [0.3, 0.4) is 0 Å². The quantitative estimate of drug-likeness (QED) is 0.478. The van der Waals surface area contributed by atoms with Gasteiger partial charge in [0, 0.05) is 24.0 Å². The Morgan fingerprint density at radius 2 is 1.91 bits per heavy atom. The number of aromatic nitrogens is 1. The largest absolute Gasteiger partial charge is 0.507 e. The number of thioether (sulfide) groups is 1. The Labute approximate surface area is 207 Å². The lowest BCUT2D eigenvalue weighted by molar-refractivity contribution is 0.0695. The molecular formula is C26H26FN3O4S. The number of amides is 2. The minimum Gasteiger partial charge on any atom is -0.507 e. The molecule has 0 saturated carbocycles. The van der Waals surface area contributed by atoms with Crippen LogP contribution in [0.5, 0.6) is 17.4 Å². The fourth-order valence-corrected chi connectivity index (χ4v) is 4.38. The van der Waals surface area contributed by atoms with Crippen LogP contribution in [0.15, 0.2) is 59.6 Å². The van der Waals surface area contributed by atoms with Crippen LogP contribution < -0.4 is 10.1 Å². The number of hydrogen-bond donors (Lipinski definition) is 2. The molecule has 1 saturated heterocycles. The molecule has 3 aromatic rings. The molecule has 1 aromatic heterocycles. The highest BCUT2D eigenvalue weighted by Crippen LogP contribution is 2.28. The van der Waals surface area contributed by atoms with E-state index in [2.05, 4.69) is 10.3 Å². The van der Waals surface area contributed by atoms with Gasteiger partial charge in [0.1, 0.15) is 22.9 Å². The van der Waals surface area contributed by atoms with E-state index in [1.165, 1.54) is 0 Å². The van der Waals surface area contributed by atoms with Crippen LogP contribution >= 0.6 is 11.8 Å². The third-order valence-corrected chi connectivity index (χ3v) is 6.54. The number of aromatic hydroxyl groups is 1. The van der Waals surface area contributed by atoms with E-state index in [1.807, 2.05) is 31.4 Å². The molecule has 182 valence electrons. The van der Waals surface area contributed by atoms with Gasteiger partial charge in [-0.2, -0.15) is 0 Å². The van der Waals surface area contributed by atoms with Crippen molar-refractivity contribution in [2.75, 3.05) is 19.3 Å². The monoisotopic (exact) mass is 495 g/mol. The zero-order valence-electron chi connectivity index (χ0n) is 19.5. The summed E-state index contributed by atoms with van der Waals surface area (Å²) in [5, 5.41) is 13.0. The number of nitrogens with zero attached hydrogens (tertiary/aromatic N) is 2. The van der Waals surface area contributed by atoms with Crippen LogP contribution in [0.1, 0.15) is 39.1 Å². The lowest BCUT2D eigenvalue weighted by Gasteiger charge is -2.32. The topological polar surface area (TPSA) is 91.8 Å². The molecule has 2 amide bonds. The van der Waals surface area contributed by atoms with Crippen molar-refractivity contribution in [1.29, 1.82) is 0 Å². The van der Waals surface area contributed by atoms with Crippen molar-refractivity contribution in [1.82, 2.24) is 15.2 Å². The number of pyridine rings is 1. The Morgan fingerprint density at radius 1 is 1.14 bits per heavy atom. The van der Waals surface area contributed by atoms with Gasteiger partial charge in [0.05, 0.1) is 11.8 Å². The molecule has 35 heavy (non-hydrogen) atoms. The zero-order valence-corrected chi connectivity index (χ0v) is 20.3. The highest BCUT2D eigenvalue weighted by atomic mass is 32.2. The van der Waals surface area contributed by atoms with Gasteiger partial charge in [-0.1, -0.05) is 12.1 Å². The van der Waals surface area contributed by atoms with E-state index in [0.717, 1.165) is 22.7 Å². The maximum atomic E-state index is 13.9. The Morgan fingerprint density at radius 3 is 2.63 bits per heavy atom. The maximum Gasteiger partial charge on any atom is 0.257 e. The number of phenols is 1. The Kier molecular flexibility index (Phi) is 7.55. The Balaban J connectivity index is 1.40. The van der Waals surface area contributed by atoms with Gasteiger partial charge in [-0.25, -0.2) is 9.37 Å². The van der Waals surface area contributed by atoms with Crippen molar-refractivity contribution >= 4 is 23.6 Å². The number of halogens is 1. The van der Waals surface area contributed by atoms with Crippen molar-refractivity contribution in [3.8, 4) is 17.4 Å². The van der Waals surface area contributed by atoms with E-state index in [-0.39, 0.29) is 34.7 Å². The first-order valence-corrected chi connectivity index (χ1v) is 12.4. The number of likely N-dealkylation sites (tertiary alicyclic amines) is 1. The minimum absolute atomic E-state index is 0.00244. The number of aryl methyl sites for hydroxylation is 1. The summed E-state index contributed by atoms with van der Waals surface area (Å²) in [5.41, 5.74) is 1.13. The van der Waals surface area contributed by atoms with Gasteiger partial charge >= 0.3 is 0 Å². The van der Waals surface area contributed by atoms with E-state index < -0.39 is 11.7 Å². The summed E-state index contributed by atoms with van der Waals surface area (Å²) in [7, 11) is 0. The smallest absolute Gasteiger partial charge is 0.257 e. The molecule has 0 aliphatic carbocycles. The van der Waals surface area contributed by atoms with Gasteiger partial charge in [0.25, 0.3) is 11.8 Å². The van der Waals surface area contributed by atoms with E-state index in [4.69, 9.17) is 4.74 Å². The highest BCUT2D eigenvalue weighted by Gasteiger charge is 2.27. The number of ether oxygens (including phenoxy) is 1. The molecule has 2 N–H and O–H groups in total. The molecule has 1 fully saturated rings. The summed E-state index contributed by atoms with van der Waals surface area (Å²) in [6, 6.07) is 13.2. The first kappa shape index (κ1) is 24.5.